The van der Waals surface area contributed by atoms with E-state index in [0.29, 0.717) is 18.8 Å². The van der Waals surface area contributed by atoms with Crippen molar-refractivity contribution in [1.29, 1.82) is 0 Å². The molecule has 0 unspecified atom stereocenters. The molecule has 0 saturated heterocycles. The van der Waals surface area contributed by atoms with Crippen LogP contribution in [-0.4, -0.2) is 22.7 Å². The number of nitrogens with one attached hydrogen (secondary N) is 2. The quantitative estimate of drug-likeness (QED) is 0.343. The van der Waals surface area contributed by atoms with E-state index in [2.05, 4.69) is 21.7 Å². The lowest BCUT2D eigenvalue weighted by atomic mass is 9.98. The highest BCUT2D eigenvalue weighted by atomic mass is 16.5. The third-order valence-corrected chi connectivity index (χ3v) is 5.10. The summed E-state index contributed by atoms with van der Waals surface area (Å²) in [5, 5.41) is 15.4. The molecule has 6 heteroatoms. The average molecular weight is 440 g/mol. The Hall–Kier alpha value is -4.32. The highest BCUT2D eigenvalue weighted by molar-refractivity contribution is 5.89. The number of amides is 2. The van der Waals surface area contributed by atoms with Crippen LogP contribution in [0.5, 0.6) is 11.5 Å². The molecule has 0 fully saturated rings. The van der Waals surface area contributed by atoms with E-state index in [4.69, 9.17) is 4.74 Å². The van der Waals surface area contributed by atoms with Crippen molar-refractivity contribution in [3.63, 3.8) is 0 Å². The van der Waals surface area contributed by atoms with E-state index in [1.807, 2.05) is 54.6 Å². The molecule has 0 aliphatic rings. The van der Waals surface area contributed by atoms with Gasteiger partial charge in [-0.2, -0.15) is 0 Å². The highest BCUT2D eigenvalue weighted by Crippen LogP contribution is 2.27. The number of anilines is 1. The first-order chi connectivity index (χ1) is 16.2. The molecule has 3 aromatic carbocycles. The molecule has 1 heterocycles. The minimum atomic E-state index is -0.281. The number of rotatable bonds is 8. The number of hydrogen-bond acceptors (Lipinski definition) is 4. The fraction of sp³-hybridized carbons (Fsp3) is 0.111. The fourth-order valence-corrected chi connectivity index (χ4v) is 3.47. The second-order valence-corrected chi connectivity index (χ2v) is 7.50. The van der Waals surface area contributed by atoms with E-state index in [-0.39, 0.29) is 11.8 Å². The van der Waals surface area contributed by atoms with E-state index in [1.54, 1.807) is 36.7 Å². The number of carbonyl (C=O) groups is 1. The zero-order valence-electron chi connectivity index (χ0n) is 18.1. The summed E-state index contributed by atoms with van der Waals surface area (Å²) in [6.45, 7) is 0.916. The Morgan fingerprint density at radius 1 is 0.939 bits per heavy atom. The van der Waals surface area contributed by atoms with Crippen LogP contribution in [0.4, 0.5) is 10.5 Å². The smallest absolute Gasteiger partial charge is 0.319 e. The van der Waals surface area contributed by atoms with Gasteiger partial charge in [-0.3, -0.25) is 4.98 Å². The number of nitrogens with zero attached hydrogens (tertiary/aromatic N) is 1. The third-order valence-electron chi connectivity index (χ3n) is 5.10. The highest BCUT2D eigenvalue weighted by Gasteiger charge is 2.06. The number of benzene rings is 3. The van der Waals surface area contributed by atoms with Gasteiger partial charge in [0.25, 0.3) is 0 Å². The Kier molecular flexibility index (Phi) is 7.18. The molecule has 3 N–H and O–H groups in total. The number of aromatic hydroxyl groups is 1. The zero-order valence-corrected chi connectivity index (χ0v) is 18.1. The Morgan fingerprint density at radius 2 is 1.79 bits per heavy atom. The molecule has 0 aliphatic carbocycles. The Bertz CT molecular complexity index is 1190. The minimum Gasteiger partial charge on any atom is -0.508 e. The molecule has 0 atom stereocenters. The van der Waals surface area contributed by atoms with Gasteiger partial charge in [-0.1, -0.05) is 42.5 Å². The van der Waals surface area contributed by atoms with Gasteiger partial charge in [-0.25, -0.2) is 4.79 Å². The lowest BCUT2D eigenvalue weighted by Crippen LogP contribution is -2.28. The monoisotopic (exact) mass is 439 g/mol. The van der Waals surface area contributed by atoms with Crippen molar-refractivity contribution in [3.05, 3.63) is 108 Å². The maximum Gasteiger partial charge on any atom is 0.319 e. The van der Waals surface area contributed by atoms with Gasteiger partial charge < -0.3 is 20.5 Å². The zero-order chi connectivity index (χ0) is 22.9. The lowest BCUT2D eigenvalue weighted by molar-refractivity contribution is 0.251. The molecule has 0 saturated carbocycles. The number of pyridine rings is 1. The molecular formula is C27H25N3O3. The standard InChI is InChI=1S/C27H25N3O3/c31-24-8-3-7-22(17-24)26-9-2-1-6-21(26)14-16-33-25-12-10-23(11-13-25)30-27(32)29-19-20-5-4-15-28-18-20/h1-13,15,17-18,31H,14,16,19H2,(H2,29,30,32). The van der Waals surface area contributed by atoms with Gasteiger partial charge in [0.2, 0.25) is 0 Å². The van der Waals surface area contributed by atoms with Crippen LogP contribution in [0.2, 0.25) is 0 Å². The van der Waals surface area contributed by atoms with Crippen LogP contribution in [-0.2, 0) is 13.0 Å². The number of urea groups is 1. The third kappa shape index (κ3) is 6.33. The molecule has 1 aromatic heterocycles. The molecule has 4 aromatic rings. The van der Waals surface area contributed by atoms with Crippen LogP contribution in [0, 0.1) is 0 Å². The second-order valence-electron chi connectivity index (χ2n) is 7.50. The van der Waals surface area contributed by atoms with Crippen LogP contribution in [0.3, 0.4) is 0 Å². The van der Waals surface area contributed by atoms with Crippen LogP contribution in [0.15, 0.2) is 97.3 Å². The molecule has 33 heavy (non-hydrogen) atoms. The molecule has 166 valence electrons. The Balaban J connectivity index is 1.28. The van der Waals surface area contributed by atoms with Crippen molar-refractivity contribution in [1.82, 2.24) is 10.3 Å². The number of phenols is 1. The summed E-state index contributed by atoms with van der Waals surface area (Å²) in [7, 11) is 0. The molecule has 0 radical (unpaired) electrons. The molecule has 0 aliphatic heterocycles. The van der Waals surface area contributed by atoms with Gasteiger partial charge in [-0.05, 0) is 64.7 Å². The van der Waals surface area contributed by atoms with E-state index < -0.39 is 0 Å². The SMILES string of the molecule is O=C(NCc1cccnc1)Nc1ccc(OCCc2ccccc2-c2cccc(O)c2)cc1. The normalized spacial score (nSPS) is 10.4. The molecular weight excluding hydrogens is 414 g/mol. The minimum absolute atomic E-state index is 0.248. The Morgan fingerprint density at radius 3 is 2.58 bits per heavy atom. The summed E-state index contributed by atoms with van der Waals surface area (Å²) in [5.41, 5.74) is 4.81. The van der Waals surface area contributed by atoms with Crippen LogP contribution in [0.25, 0.3) is 11.1 Å². The van der Waals surface area contributed by atoms with Crippen molar-refractivity contribution in [2.24, 2.45) is 0 Å². The number of phenolic OH excluding ortho intramolecular Hbond substituents is 1. The van der Waals surface area contributed by atoms with Gasteiger partial charge >= 0.3 is 6.03 Å². The van der Waals surface area contributed by atoms with Crippen molar-refractivity contribution in [2.75, 3.05) is 11.9 Å². The number of aromatic nitrogens is 1. The number of carbonyl (C=O) groups excluding carboxylic acids is 1. The van der Waals surface area contributed by atoms with E-state index >= 15 is 0 Å². The molecule has 0 spiro atoms. The van der Waals surface area contributed by atoms with Crippen molar-refractivity contribution in [3.8, 4) is 22.6 Å². The number of hydrogen-bond donors (Lipinski definition) is 3. The largest absolute Gasteiger partial charge is 0.508 e. The molecule has 0 bridgehead atoms. The summed E-state index contributed by atoms with van der Waals surface area (Å²) in [6, 6.07) is 26.1. The van der Waals surface area contributed by atoms with E-state index in [1.165, 1.54) is 0 Å². The van der Waals surface area contributed by atoms with Crippen molar-refractivity contribution in [2.45, 2.75) is 13.0 Å². The van der Waals surface area contributed by atoms with Gasteiger partial charge in [0.1, 0.15) is 11.5 Å². The fourth-order valence-electron chi connectivity index (χ4n) is 3.47. The predicted molar refractivity (Wildman–Crippen MR) is 129 cm³/mol. The van der Waals surface area contributed by atoms with Crippen LogP contribution >= 0.6 is 0 Å². The molecule has 6 nitrogen and oxygen atoms in total. The second kappa shape index (κ2) is 10.8. The lowest BCUT2D eigenvalue weighted by Gasteiger charge is -2.12. The molecule has 2 amide bonds. The number of ether oxygens (including phenoxy) is 1. The summed E-state index contributed by atoms with van der Waals surface area (Å²) in [5.74, 6) is 0.976. The molecule has 4 rings (SSSR count). The summed E-state index contributed by atoms with van der Waals surface area (Å²) < 4.78 is 5.91. The Labute approximate surface area is 192 Å². The summed E-state index contributed by atoms with van der Waals surface area (Å²) in [6.07, 6.45) is 4.14. The predicted octanol–water partition coefficient (Wildman–Crippen LogP) is 5.40. The van der Waals surface area contributed by atoms with Crippen LogP contribution in [0.1, 0.15) is 11.1 Å². The van der Waals surface area contributed by atoms with Gasteiger partial charge in [0.15, 0.2) is 0 Å². The summed E-state index contributed by atoms with van der Waals surface area (Å²) >= 11 is 0. The van der Waals surface area contributed by atoms with E-state index in [9.17, 15) is 9.90 Å². The topological polar surface area (TPSA) is 83.5 Å². The maximum absolute atomic E-state index is 12.1. The van der Waals surface area contributed by atoms with Crippen molar-refractivity contribution < 1.29 is 14.6 Å². The van der Waals surface area contributed by atoms with Gasteiger partial charge in [0, 0.05) is 31.0 Å². The average Bonchev–Trinajstić information content (AvgIpc) is 2.85. The van der Waals surface area contributed by atoms with Crippen molar-refractivity contribution >= 4 is 11.7 Å². The first-order valence-electron chi connectivity index (χ1n) is 10.7. The maximum atomic E-state index is 12.1. The van der Waals surface area contributed by atoms with E-state index in [0.717, 1.165) is 34.4 Å². The summed E-state index contributed by atoms with van der Waals surface area (Å²) in [4.78, 5) is 16.1. The first kappa shape index (κ1) is 21.9. The van der Waals surface area contributed by atoms with Gasteiger partial charge in [0.05, 0.1) is 6.61 Å². The van der Waals surface area contributed by atoms with Crippen LogP contribution < -0.4 is 15.4 Å². The van der Waals surface area contributed by atoms with Gasteiger partial charge in [-0.15, -0.1) is 0 Å². The first-order valence-corrected chi connectivity index (χ1v) is 10.7.